The zero-order chi connectivity index (χ0) is 15.2. The number of ether oxygens (including phenoxy) is 2. The lowest BCUT2D eigenvalue weighted by Crippen LogP contribution is -2.40. The van der Waals surface area contributed by atoms with Gasteiger partial charge < -0.3 is 19.5 Å². The molecule has 0 saturated carbocycles. The van der Waals surface area contributed by atoms with Gasteiger partial charge in [0.2, 0.25) is 0 Å². The highest BCUT2D eigenvalue weighted by Crippen LogP contribution is 2.31. The van der Waals surface area contributed by atoms with Crippen LogP contribution in [-0.4, -0.2) is 54.5 Å². The van der Waals surface area contributed by atoms with Crippen LogP contribution in [0.3, 0.4) is 0 Å². The van der Waals surface area contributed by atoms with E-state index in [1.165, 1.54) is 0 Å². The first-order chi connectivity index (χ1) is 10.1. The van der Waals surface area contributed by atoms with Crippen LogP contribution in [0, 0.1) is 11.8 Å². The number of rotatable bonds is 5. The number of carbonyl (C=O) groups is 2. The Balaban J connectivity index is 1.75. The molecule has 0 aromatic heterocycles. The Morgan fingerprint density at radius 2 is 2.05 bits per heavy atom. The van der Waals surface area contributed by atoms with Crippen LogP contribution in [0.2, 0.25) is 0 Å². The molecule has 21 heavy (non-hydrogen) atoms. The molecule has 0 aliphatic carbocycles. The first kappa shape index (κ1) is 15.8. The Morgan fingerprint density at radius 3 is 2.67 bits per heavy atom. The second-order valence-corrected chi connectivity index (χ2v) is 5.67. The van der Waals surface area contributed by atoms with Gasteiger partial charge in [0.15, 0.2) is 0 Å². The third-order valence-electron chi connectivity index (χ3n) is 4.29. The summed E-state index contributed by atoms with van der Waals surface area (Å²) in [6.07, 6.45) is 4.19. The van der Waals surface area contributed by atoms with Crippen molar-refractivity contribution < 1.29 is 24.2 Å². The van der Waals surface area contributed by atoms with Crippen molar-refractivity contribution in [1.82, 2.24) is 4.90 Å². The highest BCUT2D eigenvalue weighted by Gasteiger charge is 2.36. The Morgan fingerprint density at radius 1 is 1.33 bits per heavy atom. The number of amides is 1. The second-order valence-electron chi connectivity index (χ2n) is 5.67. The molecule has 2 rings (SSSR count). The van der Waals surface area contributed by atoms with Crippen molar-refractivity contribution in [3.8, 4) is 0 Å². The Hall–Kier alpha value is -1.56. The van der Waals surface area contributed by atoms with Gasteiger partial charge in [-0.2, -0.15) is 0 Å². The van der Waals surface area contributed by atoms with Gasteiger partial charge in [0, 0.05) is 19.7 Å². The second kappa shape index (κ2) is 7.45. The summed E-state index contributed by atoms with van der Waals surface area (Å²) in [5, 5.41) is 9.15. The first-order valence-electron chi connectivity index (χ1n) is 7.48. The van der Waals surface area contributed by atoms with Gasteiger partial charge in [0.05, 0.1) is 12.0 Å². The van der Waals surface area contributed by atoms with Gasteiger partial charge in [-0.15, -0.1) is 0 Å². The van der Waals surface area contributed by atoms with E-state index < -0.39 is 5.97 Å². The predicted molar refractivity (Wildman–Crippen MR) is 75.9 cm³/mol. The number of nitrogens with zero attached hydrogens (tertiary/aromatic N) is 1. The predicted octanol–water partition coefficient (Wildman–Crippen LogP) is 1.90. The lowest BCUT2D eigenvalue weighted by molar-refractivity contribution is -0.143. The zero-order valence-electron chi connectivity index (χ0n) is 12.2. The quantitative estimate of drug-likeness (QED) is 0.784. The molecule has 0 unspecified atom stereocenters. The van der Waals surface area contributed by atoms with Crippen LogP contribution in [0.5, 0.6) is 0 Å². The number of hydrogen-bond acceptors (Lipinski definition) is 4. The van der Waals surface area contributed by atoms with E-state index in [2.05, 4.69) is 6.58 Å². The van der Waals surface area contributed by atoms with E-state index in [4.69, 9.17) is 14.6 Å². The zero-order valence-corrected chi connectivity index (χ0v) is 12.2. The van der Waals surface area contributed by atoms with Crippen LogP contribution in [0.25, 0.3) is 0 Å². The molecular weight excluding hydrogens is 274 g/mol. The van der Waals surface area contributed by atoms with Crippen LogP contribution in [0.15, 0.2) is 12.7 Å². The Kier molecular flexibility index (Phi) is 5.61. The minimum absolute atomic E-state index is 0.174. The summed E-state index contributed by atoms with van der Waals surface area (Å²) >= 11 is 0. The summed E-state index contributed by atoms with van der Waals surface area (Å²) in [4.78, 5) is 24.5. The van der Waals surface area contributed by atoms with Gasteiger partial charge >= 0.3 is 12.1 Å². The average Bonchev–Trinajstić information content (AvgIpc) is 2.94. The minimum Gasteiger partial charge on any atom is -0.481 e. The summed E-state index contributed by atoms with van der Waals surface area (Å²) < 4.78 is 10.6. The molecule has 6 heteroatoms. The minimum atomic E-state index is -0.761. The van der Waals surface area contributed by atoms with Crippen LogP contribution >= 0.6 is 0 Å². The van der Waals surface area contributed by atoms with Crippen LogP contribution < -0.4 is 0 Å². The smallest absolute Gasteiger partial charge is 0.410 e. The van der Waals surface area contributed by atoms with E-state index in [9.17, 15) is 9.59 Å². The first-order valence-corrected chi connectivity index (χ1v) is 7.48. The molecule has 2 fully saturated rings. The van der Waals surface area contributed by atoms with Crippen molar-refractivity contribution in [2.75, 3.05) is 26.3 Å². The largest absolute Gasteiger partial charge is 0.481 e. The Labute approximate surface area is 124 Å². The highest BCUT2D eigenvalue weighted by atomic mass is 16.6. The molecule has 2 aliphatic rings. The van der Waals surface area contributed by atoms with Crippen molar-refractivity contribution in [1.29, 1.82) is 0 Å². The number of likely N-dealkylation sites (tertiary alicyclic amines) is 1. The summed E-state index contributed by atoms with van der Waals surface area (Å²) in [5.41, 5.74) is 0. The standard InChI is InChI=1S/C15H23NO5/c1-2-8-21-15(19)16-6-3-11(4-7-16)10-13-12(14(17)18)5-9-20-13/h2,11-13H,1,3-10H2,(H,17,18)/t12-,13-/m1/s1. The summed E-state index contributed by atoms with van der Waals surface area (Å²) in [7, 11) is 0. The fourth-order valence-electron chi connectivity index (χ4n) is 3.06. The molecule has 0 aromatic carbocycles. The highest BCUT2D eigenvalue weighted by molar-refractivity contribution is 5.71. The van der Waals surface area contributed by atoms with Gasteiger partial charge in [-0.05, 0) is 31.6 Å². The van der Waals surface area contributed by atoms with Gasteiger partial charge in [-0.1, -0.05) is 12.7 Å². The molecule has 6 nitrogen and oxygen atoms in total. The number of carbonyl (C=O) groups excluding carboxylic acids is 1. The van der Waals surface area contributed by atoms with Gasteiger partial charge in [0.1, 0.15) is 6.61 Å². The molecule has 0 aromatic rings. The fraction of sp³-hybridized carbons (Fsp3) is 0.733. The average molecular weight is 297 g/mol. The maximum Gasteiger partial charge on any atom is 0.410 e. The van der Waals surface area contributed by atoms with Crippen molar-refractivity contribution >= 4 is 12.1 Å². The monoisotopic (exact) mass is 297 g/mol. The normalized spacial score (nSPS) is 26.6. The molecule has 0 radical (unpaired) electrons. The summed E-state index contributed by atoms with van der Waals surface area (Å²) in [6.45, 7) is 5.59. The van der Waals surface area contributed by atoms with Crippen molar-refractivity contribution in [2.24, 2.45) is 11.8 Å². The molecule has 1 N–H and O–H groups in total. The van der Waals surface area contributed by atoms with E-state index in [-0.39, 0.29) is 24.7 Å². The third kappa shape index (κ3) is 4.20. The third-order valence-corrected chi connectivity index (χ3v) is 4.29. The molecule has 2 saturated heterocycles. The molecule has 1 amide bonds. The lowest BCUT2D eigenvalue weighted by Gasteiger charge is -2.32. The molecule has 118 valence electrons. The maximum absolute atomic E-state index is 11.7. The molecule has 0 bridgehead atoms. The van der Waals surface area contributed by atoms with Crippen LogP contribution in [0.4, 0.5) is 4.79 Å². The number of piperidine rings is 1. The molecule has 2 heterocycles. The van der Waals surface area contributed by atoms with Crippen molar-refractivity contribution in [3.63, 3.8) is 0 Å². The number of carboxylic acids is 1. The van der Waals surface area contributed by atoms with E-state index in [1.807, 2.05) is 0 Å². The number of carboxylic acid groups (broad SMARTS) is 1. The van der Waals surface area contributed by atoms with Crippen molar-refractivity contribution in [3.05, 3.63) is 12.7 Å². The van der Waals surface area contributed by atoms with Crippen LogP contribution in [0.1, 0.15) is 25.7 Å². The van der Waals surface area contributed by atoms with Gasteiger partial charge in [0.25, 0.3) is 0 Å². The SMILES string of the molecule is C=CCOC(=O)N1CCC(C[C@H]2OCC[C@H]2C(=O)O)CC1. The van der Waals surface area contributed by atoms with Gasteiger partial charge in [-0.25, -0.2) is 4.79 Å². The fourth-order valence-corrected chi connectivity index (χ4v) is 3.06. The molecule has 2 aliphatic heterocycles. The lowest BCUT2D eigenvalue weighted by atomic mass is 9.87. The summed E-state index contributed by atoms with van der Waals surface area (Å²) in [5.74, 6) is -0.720. The summed E-state index contributed by atoms with van der Waals surface area (Å²) in [6, 6.07) is 0. The van der Waals surface area contributed by atoms with E-state index in [1.54, 1.807) is 11.0 Å². The molecule has 2 atom stereocenters. The molecule has 0 spiro atoms. The number of aliphatic carboxylic acids is 1. The number of hydrogen-bond donors (Lipinski definition) is 1. The molecular formula is C15H23NO5. The topological polar surface area (TPSA) is 76.1 Å². The van der Waals surface area contributed by atoms with E-state index in [0.717, 1.165) is 19.3 Å². The Bertz CT molecular complexity index is 390. The van der Waals surface area contributed by atoms with Crippen molar-refractivity contribution in [2.45, 2.75) is 31.8 Å². The van der Waals surface area contributed by atoms with Gasteiger partial charge in [-0.3, -0.25) is 4.79 Å². The van der Waals surface area contributed by atoms with E-state index in [0.29, 0.717) is 32.0 Å². The maximum atomic E-state index is 11.7. The van der Waals surface area contributed by atoms with E-state index >= 15 is 0 Å². The van der Waals surface area contributed by atoms with Crippen LogP contribution in [-0.2, 0) is 14.3 Å².